The molecule has 2 aromatic rings. The van der Waals surface area contributed by atoms with Crippen LogP contribution >= 0.6 is 0 Å². The standard InChI is InChI=1S/C8H6O4.C6H4O5/c9-7(10)5-3-1-2-4-6(5)8(11)12;7-5(8)3-1-11-2-4(3)6(9)10/h1-4H,(H,9,10)(H,11,12);1-2H,(H,7,8)(H,9,10). The summed E-state index contributed by atoms with van der Waals surface area (Å²) in [5.74, 6) is -5.08. The van der Waals surface area contributed by atoms with Crippen molar-refractivity contribution >= 4 is 23.9 Å². The smallest absolute Gasteiger partial charge is 0.339 e. The fourth-order valence-electron chi connectivity index (χ4n) is 1.48. The summed E-state index contributed by atoms with van der Waals surface area (Å²) in [6, 6.07) is 5.48. The maximum atomic E-state index is 10.5. The molecule has 2 rings (SSSR count). The monoisotopic (exact) mass is 322 g/mol. The lowest BCUT2D eigenvalue weighted by atomic mass is 10.1. The molecule has 0 fully saturated rings. The van der Waals surface area contributed by atoms with Gasteiger partial charge in [0.15, 0.2) is 0 Å². The molecule has 0 saturated heterocycles. The van der Waals surface area contributed by atoms with Gasteiger partial charge in [0, 0.05) is 0 Å². The van der Waals surface area contributed by atoms with E-state index in [0.29, 0.717) is 0 Å². The van der Waals surface area contributed by atoms with Crippen molar-refractivity contribution in [1.82, 2.24) is 0 Å². The van der Waals surface area contributed by atoms with Gasteiger partial charge in [-0.1, -0.05) is 12.1 Å². The van der Waals surface area contributed by atoms with Crippen molar-refractivity contribution < 1.29 is 44.0 Å². The van der Waals surface area contributed by atoms with Crippen LogP contribution in [0.1, 0.15) is 41.4 Å². The summed E-state index contributed by atoms with van der Waals surface area (Å²) in [6.07, 6.45) is 1.76. The Morgan fingerprint density at radius 1 is 0.609 bits per heavy atom. The Kier molecular flexibility index (Phi) is 5.61. The summed E-state index contributed by atoms with van der Waals surface area (Å²) in [5, 5.41) is 33.9. The van der Waals surface area contributed by atoms with E-state index >= 15 is 0 Å². The second-order valence-corrected chi connectivity index (χ2v) is 3.97. The number of carboxylic acids is 4. The predicted octanol–water partition coefficient (Wildman–Crippen LogP) is 1.76. The summed E-state index contributed by atoms with van der Waals surface area (Å²) in [4.78, 5) is 41.5. The van der Waals surface area contributed by atoms with E-state index in [-0.39, 0.29) is 22.3 Å². The SMILES string of the molecule is O=C(O)c1ccccc1C(=O)O.O=C(O)c1cocc1C(=O)O. The van der Waals surface area contributed by atoms with Crippen LogP contribution in [0.25, 0.3) is 0 Å². The number of aromatic carboxylic acids is 4. The molecule has 0 atom stereocenters. The fourth-order valence-corrected chi connectivity index (χ4v) is 1.48. The summed E-state index contributed by atoms with van der Waals surface area (Å²) in [7, 11) is 0. The van der Waals surface area contributed by atoms with Crippen molar-refractivity contribution in [3.8, 4) is 0 Å². The van der Waals surface area contributed by atoms with Crippen molar-refractivity contribution in [2.45, 2.75) is 0 Å². The van der Waals surface area contributed by atoms with Gasteiger partial charge in [-0.3, -0.25) is 0 Å². The van der Waals surface area contributed by atoms with Crippen molar-refractivity contribution in [3.63, 3.8) is 0 Å². The Labute approximate surface area is 128 Å². The molecule has 0 spiro atoms. The van der Waals surface area contributed by atoms with Gasteiger partial charge in [-0.15, -0.1) is 0 Å². The molecule has 23 heavy (non-hydrogen) atoms. The maximum Gasteiger partial charge on any atom is 0.339 e. The van der Waals surface area contributed by atoms with E-state index in [0.717, 1.165) is 12.5 Å². The molecule has 0 bridgehead atoms. The average molecular weight is 322 g/mol. The lowest BCUT2D eigenvalue weighted by molar-refractivity contribution is 0.0651. The van der Waals surface area contributed by atoms with Gasteiger partial charge in [-0.2, -0.15) is 0 Å². The van der Waals surface area contributed by atoms with E-state index in [1.807, 2.05) is 0 Å². The molecule has 0 aliphatic heterocycles. The van der Waals surface area contributed by atoms with Crippen LogP contribution in [-0.2, 0) is 0 Å². The van der Waals surface area contributed by atoms with Crippen LogP contribution < -0.4 is 0 Å². The molecule has 0 amide bonds. The summed E-state index contributed by atoms with van der Waals surface area (Å²) >= 11 is 0. The van der Waals surface area contributed by atoms with Crippen LogP contribution in [0.2, 0.25) is 0 Å². The highest BCUT2D eigenvalue weighted by Gasteiger charge is 2.17. The van der Waals surface area contributed by atoms with Gasteiger partial charge in [0.05, 0.1) is 11.1 Å². The Morgan fingerprint density at radius 2 is 0.913 bits per heavy atom. The van der Waals surface area contributed by atoms with E-state index in [1.54, 1.807) is 0 Å². The first-order valence-electron chi connectivity index (χ1n) is 5.84. The molecule has 1 aromatic carbocycles. The van der Waals surface area contributed by atoms with Gasteiger partial charge in [0.2, 0.25) is 0 Å². The minimum absolute atomic E-state index is 0.190. The minimum atomic E-state index is -1.31. The third kappa shape index (κ3) is 4.43. The maximum absolute atomic E-state index is 10.5. The molecule has 120 valence electrons. The predicted molar refractivity (Wildman–Crippen MR) is 73.0 cm³/mol. The van der Waals surface area contributed by atoms with Crippen LogP contribution in [0.4, 0.5) is 0 Å². The molecule has 9 nitrogen and oxygen atoms in total. The molecule has 0 aliphatic carbocycles. The largest absolute Gasteiger partial charge is 0.478 e. The highest BCUT2D eigenvalue weighted by Crippen LogP contribution is 2.09. The minimum Gasteiger partial charge on any atom is -0.478 e. The third-order valence-corrected chi connectivity index (χ3v) is 2.51. The van der Waals surface area contributed by atoms with E-state index in [1.165, 1.54) is 24.3 Å². The van der Waals surface area contributed by atoms with Gasteiger partial charge in [-0.25, -0.2) is 19.2 Å². The van der Waals surface area contributed by atoms with Gasteiger partial charge in [0.25, 0.3) is 0 Å². The van der Waals surface area contributed by atoms with Crippen molar-refractivity contribution in [1.29, 1.82) is 0 Å². The van der Waals surface area contributed by atoms with Crippen LogP contribution in [0.5, 0.6) is 0 Å². The van der Waals surface area contributed by atoms with E-state index in [4.69, 9.17) is 20.4 Å². The average Bonchev–Trinajstić information content (AvgIpc) is 2.97. The molecule has 0 saturated carbocycles. The van der Waals surface area contributed by atoms with Crippen LogP contribution in [0, 0.1) is 0 Å². The number of furan rings is 1. The first kappa shape index (κ1) is 17.4. The van der Waals surface area contributed by atoms with Crippen molar-refractivity contribution in [3.05, 3.63) is 59.0 Å². The van der Waals surface area contributed by atoms with E-state index in [2.05, 4.69) is 4.42 Å². The molecule has 0 radical (unpaired) electrons. The topological polar surface area (TPSA) is 162 Å². The number of hydrogen-bond acceptors (Lipinski definition) is 5. The Bertz CT molecular complexity index is 696. The number of hydrogen-bond donors (Lipinski definition) is 4. The third-order valence-electron chi connectivity index (χ3n) is 2.51. The molecule has 1 aromatic heterocycles. The van der Waals surface area contributed by atoms with Gasteiger partial charge in [-0.05, 0) is 12.1 Å². The Hall–Kier alpha value is -3.62. The lowest BCUT2D eigenvalue weighted by Gasteiger charge is -1.98. The number of rotatable bonds is 4. The highest BCUT2D eigenvalue weighted by molar-refractivity contribution is 6.02. The van der Waals surface area contributed by atoms with Gasteiger partial charge < -0.3 is 24.8 Å². The van der Waals surface area contributed by atoms with Crippen LogP contribution in [0.3, 0.4) is 0 Å². The number of carboxylic acid groups (broad SMARTS) is 4. The van der Waals surface area contributed by atoms with E-state index in [9.17, 15) is 19.2 Å². The zero-order valence-electron chi connectivity index (χ0n) is 11.3. The summed E-state index contributed by atoms with van der Waals surface area (Å²) < 4.78 is 4.41. The first-order chi connectivity index (χ1) is 10.8. The second kappa shape index (κ2) is 7.41. The van der Waals surface area contributed by atoms with Gasteiger partial charge >= 0.3 is 23.9 Å². The molecule has 1 heterocycles. The molecule has 0 unspecified atom stereocenters. The highest BCUT2D eigenvalue weighted by atomic mass is 16.4. The molecule has 0 aliphatic rings. The molecule has 4 N–H and O–H groups in total. The normalized spacial score (nSPS) is 9.39. The van der Waals surface area contributed by atoms with Crippen LogP contribution in [-0.4, -0.2) is 44.3 Å². The van der Waals surface area contributed by atoms with Gasteiger partial charge in [0.1, 0.15) is 23.7 Å². The quantitative estimate of drug-likeness (QED) is 0.656. The number of benzene rings is 1. The fraction of sp³-hybridized carbons (Fsp3) is 0. The van der Waals surface area contributed by atoms with Crippen LogP contribution in [0.15, 0.2) is 41.2 Å². The first-order valence-corrected chi connectivity index (χ1v) is 5.84. The zero-order valence-corrected chi connectivity index (χ0v) is 11.3. The zero-order chi connectivity index (χ0) is 17.6. The Morgan fingerprint density at radius 3 is 1.17 bits per heavy atom. The number of carbonyl (C=O) groups is 4. The summed E-state index contributed by atoms with van der Waals surface area (Å²) in [6.45, 7) is 0. The molecule has 9 heteroatoms. The lowest BCUT2D eigenvalue weighted by Crippen LogP contribution is -2.06. The molecular weight excluding hydrogens is 312 g/mol. The molecular formula is C14H10O9. The Balaban J connectivity index is 0.000000231. The summed E-state index contributed by atoms with van der Waals surface area (Å²) in [5.41, 5.74) is -1.05. The van der Waals surface area contributed by atoms with Crippen molar-refractivity contribution in [2.24, 2.45) is 0 Å². The van der Waals surface area contributed by atoms with E-state index < -0.39 is 23.9 Å². The van der Waals surface area contributed by atoms with Crippen molar-refractivity contribution in [2.75, 3.05) is 0 Å². The second-order valence-electron chi connectivity index (χ2n) is 3.97.